The van der Waals surface area contributed by atoms with Crippen molar-refractivity contribution in [3.05, 3.63) is 87.7 Å². The summed E-state index contributed by atoms with van der Waals surface area (Å²) in [6.45, 7) is 3.73. The van der Waals surface area contributed by atoms with E-state index >= 15 is 0 Å². The van der Waals surface area contributed by atoms with Gasteiger partial charge >= 0.3 is 0 Å². The highest BCUT2D eigenvalue weighted by Gasteiger charge is 2.19. The van der Waals surface area contributed by atoms with Gasteiger partial charge in [0.25, 0.3) is 5.91 Å². The van der Waals surface area contributed by atoms with Crippen molar-refractivity contribution in [2.45, 2.75) is 20.3 Å². The number of rotatable bonds is 6. The Labute approximate surface area is 174 Å². The van der Waals surface area contributed by atoms with Crippen LogP contribution in [0.2, 0.25) is 5.15 Å². The lowest BCUT2D eigenvalue weighted by molar-refractivity contribution is -0.117. The summed E-state index contributed by atoms with van der Waals surface area (Å²) in [5, 5.41) is 4.80. The summed E-state index contributed by atoms with van der Waals surface area (Å²) in [6, 6.07) is 16.6. The number of para-hydroxylation sites is 1. The molecular weight excluding hydrogens is 388 g/mol. The minimum atomic E-state index is -0.548. The number of hydrogen-bond donors (Lipinski definition) is 2. The molecule has 7 heteroatoms. The number of amides is 1. The molecule has 0 saturated carbocycles. The molecule has 0 radical (unpaired) electrons. The van der Waals surface area contributed by atoms with Gasteiger partial charge in [0.15, 0.2) is 5.78 Å². The number of Topliss-reactive ketones (excluding diaryl/α,β-unsaturated/α-hetero) is 1. The first-order chi connectivity index (χ1) is 13.9. The molecule has 0 unspecified atom stereocenters. The molecule has 1 amide bonds. The van der Waals surface area contributed by atoms with E-state index in [2.05, 4.69) is 10.5 Å². The largest absolute Gasteiger partial charge is 0.294 e. The van der Waals surface area contributed by atoms with Crippen LogP contribution in [-0.4, -0.2) is 21.5 Å². The van der Waals surface area contributed by atoms with Crippen LogP contribution in [0.15, 0.2) is 60.2 Å². The average molecular weight is 409 g/mol. The second kappa shape index (κ2) is 8.86. The summed E-state index contributed by atoms with van der Waals surface area (Å²) in [5.41, 5.74) is 5.86. The number of nitrogens with zero attached hydrogens (tertiary/aromatic N) is 2. The monoisotopic (exact) mass is 408 g/mol. The fraction of sp³-hybridized carbons (Fsp3) is 0.136. The second-order valence-corrected chi connectivity index (χ2v) is 7.00. The molecule has 0 bridgehead atoms. The highest BCUT2D eigenvalue weighted by Crippen LogP contribution is 2.26. The number of aryl methyl sites for hydroxylation is 2. The molecule has 0 spiro atoms. The highest BCUT2D eigenvalue weighted by molar-refractivity contribution is 6.31. The van der Waals surface area contributed by atoms with E-state index in [0.29, 0.717) is 22.0 Å². The molecule has 6 nitrogen and oxygen atoms in total. The maximum Gasteiger partial charge on any atom is 0.261 e. The van der Waals surface area contributed by atoms with Crippen LogP contribution in [0.1, 0.15) is 33.6 Å². The summed E-state index contributed by atoms with van der Waals surface area (Å²) >= 11 is 6.54. The summed E-state index contributed by atoms with van der Waals surface area (Å²) < 4.78 is 1.59. The van der Waals surface area contributed by atoms with Gasteiger partial charge in [0.05, 0.1) is 11.4 Å². The van der Waals surface area contributed by atoms with Crippen LogP contribution in [0.3, 0.4) is 0 Å². The van der Waals surface area contributed by atoms with E-state index in [-0.39, 0.29) is 17.8 Å². The van der Waals surface area contributed by atoms with Gasteiger partial charge in [-0.3, -0.25) is 15.0 Å². The Morgan fingerprint density at radius 2 is 1.76 bits per heavy atom. The normalized spacial score (nSPS) is 11.4. The van der Waals surface area contributed by atoms with Gasteiger partial charge in [0, 0.05) is 23.1 Å². The van der Waals surface area contributed by atoms with Gasteiger partial charge in [0.2, 0.25) is 0 Å². The first-order valence-electron chi connectivity index (χ1n) is 9.02. The van der Waals surface area contributed by atoms with Crippen LogP contribution in [0.25, 0.3) is 11.8 Å². The maximum absolute atomic E-state index is 12.7. The number of carbonyl (C=O) groups is 2. The maximum atomic E-state index is 12.7. The predicted molar refractivity (Wildman–Crippen MR) is 114 cm³/mol. The third-order valence-corrected chi connectivity index (χ3v) is 4.88. The van der Waals surface area contributed by atoms with Gasteiger partial charge in [0.1, 0.15) is 5.15 Å². The van der Waals surface area contributed by atoms with Crippen LogP contribution in [0.4, 0.5) is 0 Å². The molecule has 0 aliphatic heterocycles. The van der Waals surface area contributed by atoms with E-state index in [1.807, 2.05) is 49.4 Å². The number of ketones is 1. The average Bonchev–Trinajstić information content (AvgIpc) is 3.01. The molecule has 0 fully saturated rings. The molecule has 148 valence electrons. The molecule has 2 aromatic carbocycles. The smallest absolute Gasteiger partial charge is 0.261 e. The Morgan fingerprint density at radius 1 is 1.10 bits per heavy atom. The van der Waals surface area contributed by atoms with Crippen molar-refractivity contribution >= 4 is 29.4 Å². The number of benzene rings is 2. The zero-order chi connectivity index (χ0) is 21.0. The Kier molecular flexibility index (Phi) is 6.26. The van der Waals surface area contributed by atoms with Gasteiger partial charge < -0.3 is 0 Å². The van der Waals surface area contributed by atoms with Crippen LogP contribution in [0, 0.1) is 13.8 Å². The first-order valence-corrected chi connectivity index (χ1v) is 9.40. The topological polar surface area (TPSA) is 90.0 Å². The van der Waals surface area contributed by atoms with E-state index in [1.54, 1.807) is 29.8 Å². The lowest BCUT2D eigenvalue weighted by Gasteiger charge is -2.07. The SMILES string of the molecule is Cc1ccc(C(=O)CC(=Cc2c(C)nn(-c3ccccc3)c2Cl)C(=O)NN)cc1. The van der Waals surface area contributed by atoms with Crippen molar-refractivity contribution < 1.29 is 9.59 Å². The fourth-order valence-corrected chi connectivity index (χ4v) is 3.22. The van der Waals surface area contributed by atoms with Gasteiger partial charge in [-0.15, -0.1) is 0 Å². The van der Waals surface area contributed by atoms with Crippen molar-refractivity contribution in [1.29, 1.82) is 0 Å². The number of halogens is 1. The summed E-state index contributed by atoms with van der Waals surface area (Å²) in [5.74, 6) is 4.59. The number of nitrogens with one attached hydrogen (secondary N) is 1. The van der Waals surface area contributed by atoms with Crippen molar-refractivity contribution in [2.75, 3.05) is 0 Å². The predicted octanol–water partition coefficient (Wildman–Crippen LogP) is 3.79. The molecule has 0 aliphatic rings. The first kappa shape index (κ1) is 20.5. The molecule has 3 rings (SSSR count). The van der Waals surface area contributed by atoms with E-state index in [1.165, 1.54) is 0 Å². The molecule has 1 aromatic heterocycles. The number of hydrazine groups is 1. The third kappa shape index (κ3) is 4.62. The van der Waals surface area contributed by atoms with Gasteiger partial charge in [-0.25, -0.2) is 10.5 Å². The highest BCUT2D eigenvalue weighted by atomic mass is 35.5. The van der Waals surface area contributed by atoms with E-state index in [9.17, 15) is 9.59 Å². The van der Waals surface area contributed by atoms with E-state index in [0.717, 1.165) is 11.3 Å². The van der Waals surface area contributed by atoms with Crippen LogP contribution in [-0.2, 0) is 4.79 Å². The van der Waals surface area contributed by atoms with Crippen molar-refractivity contribution in [3.8, 4) is 5.69 Å². The van der Waals surface area contributed by atoms with Gasteiger partial charge in [-0.1, -0.05) is 59.6 Å². The van der Waals surface area contributed by atoms with Gasteiger partial charge in [-0.05, 0) is 32.1 Å². The Bertz CT molecular complexity index is 1070. The van der Waals surface area contributed by atoms with Crippen molar-refractivity contribution in [1.82, 2.24) is 15.2 Å². The second-order valence-electron chi connectivity index (χ2n) is 6.65. The summed E-state index contributed by atoms with van der Waals surface area (Å²) in [6.07, 6.45) is 1.46. The summed E-state index contributed by atoms with van der Waals surface area (Å²) in [4.78, 5) is 25.0. The van der Waals surface area contributed by atoms with Crippen molar-refractivity contribution in [2.24, 2.45) is 5.84 Å². The minimum Gasteiger partial charge on any atom is -0.294 e. The zero-order valence-corrected chi connectivity index (χ0v) is 16.9. The Hall–Kier alpha value is -3.22. The molecule has 0 saturated heterocycles. The number of hydrogen-bond acceptors (Lipinski definition) is 4. The quantitative estimate of drug-likeness (QED) is 0.213. The van der Waals surface area contributed by atoms with Crippen LogP contribution in [0.5, 0.6) is 0 Å². The lowest BCUT2D eigenvalue weighted by atomic mass is 10.00. The Morgan fingerprint density at radius 3 is 2.38 bits per heavy atom. The fourth-order valence-electron chi connectivity index (χ4n) is 2.89. The number of aromatic nitrogens is 2. The molecule has 3 N–H and O–H groups in total. The minimum absolute atomic E-state index is 0.113. The van der Waals surface area contributed by atoms with Crippen LogP contribution < -0.4 is 11.3 Å². The van der Waals surface area contributed by atoms with E-state index in [4.69, 9.17) is 17.4 Å². The third-order valence-electron chi connectivity index (χ3n) is 4.51. The molecule has 0 atom stereocenters. The summed E-state index contributed by atoms with van der Waals surface area (Å²) in [7, 11) is 0. The van der Waals surface area contributed by atoms with Crippen LogP contribution >= 0.6 is 11.6 Å². The number of nitrogens with two attached hydrogens (primary N) is 1. The zero-order valence-electron chi connectivity index (χ0n) is 16.1. The lowest BCUT2D eigenvalue weighted by Crippen LogP contribution is -2.32. The molecule has 0 aliphatic carbocycles. The molecular formula is C22H21ClN4O2. The van der Waals surface area contributed by atoms with Gasteiger partial charge in [-0.2, -0.15) is 5.10 Å². The molecule has 3 aromatic rings. The van der Waals surface area contributed by atoms with Crippen molar-refractivity contribution in [3.63, 3.8) is 0 Å². The number of carbonyl (C=O) groups excluding carboxylic acids is 2. The standard InChI is InChI=1S/C22H21ClN4O2/c1-14-8-10-16(11-9-14)20(28)13-17(22(29)25-24)12-19-15(2)26-27(21(19)23)18-6-4-3-5-7-18/h3-12H,13,24H2,1-2H3,(H,25,29). The Balaban J connectivity index is 1.97. The van der Waals surface area contributed by atoms with E-state index < -0.39 is 5.91 Å². The molecule has 1 heterocycles. The molecule has 29 heavy (non-hydrogen) atoms.